The van der Waals surface area contributed by atoms with E-state index in [1.165, 1.54) is 5.56 Å². The standard InChI is InChI=1S/C20H31ClN4O2.HI/c1-2-22-19(23-16-20(26)6-12-27-13-7-20)25-10-8-24(9-11-25)15-17-4-3-5-18(21)14-17;/h3-5,14,26H,2,6-13,15-16H2,1H3,(H,22,23);1H. The summed E-state index contributed by atoms with van der Waals surface area (Å²) >= 11 is 6.09. The highest BCUT2D eigenvalue weighted by atomic mass is 127. The smallest absolute Gasteiger partial charge is 0.194 e. The van der Waals surface area contributed by atoms with Gasteiger partial charge in [-0.3, -0.25) is 9.89 Å². The Kier molecular flexibility index (Phi) is 9.76. The molecule has 1 aromatic carbocycles. The average molecular weight is 523 g/mol. The first-order chi connectivity index (χ1) is 13.1. The second-order valence-corrected chi connectivity index (χ2v) is 7.84. The van der Waals surface area contributed by atoms with E-state index in [1.807, 2.05) is 18.2 Å². The number of aliphatic imine (C=N–C) groups is 1. The maximum absolute atomic E-state index is 10.7. The van der Waals surface area contributed by atoms with Crippen molar-refractivity contribution in [1.82, 2.24) is 15.1 Å². The van der Waals surface area contributed by atoms with E-state index in [1.54, 1.807) is 0 Å². The van der Waals surface area contributed by atoms with Crippen LogP contribution in [0.3, 0.4) is 0 Å². The molecule has 0 amide bonds. The molecule has 2 saturated heterocycles. The summed E-state index contributed by atoms with van der Waals surface area (Å²) in [6.07, 6.45) is 1.31. The van der Waals surface area contributed by atoms with Crippen LogP contribution < -0.4 is 5.32 Å². The molecule has 0 aliphatic carbocycles. The monoisotopic (exact) mass is 522 g/mol. The first-order valence-electron chi connectivity index (χ1n) is 9.88. The van der Waals surface area contributed by atoms with Crippen LogP contribution in [0.15, 0.2) is 29.3 Å². The largest absolute Gasteiger partial charge is 0.388 e. The fraction of sp³-hybridized carbons (Fsp3) is 0.650. The zero-order valence-electron chi connectivity index (χ0n) is 16.6. The van der Waals surface area contributed by atoms with Crippen LogP contribution in [0.1, 0.15) is 25.3 Å². The lowest BCUT2D eigenvalue weighted by molar-refractivity contribution is -0.0567. The Morgan fingerprint density at radius 2 is 1.96 bits per heavy atom. The predicted octanol–water partition coefficient (Wildman–Crippen LogP) is 2.58. The molecule has 0 spiro atoms. The molecule has 2 fully saturated rings. The highest BCUT2D eigenvalue weighted by Gasteiger charge is 2.30. The van der Waals surface area contributed by atoms with Gasteiger partial charge in [-0.2, -0.15) is 0 Å². The van der Waals surface area contributed by atoms with Gasteiger partial charge in [0.2, 0.25) is 0 Å². The fourth-order valence-corrected chi connectivity index (χ4v) is 3.78. The number of piperazine rings is 1. The Morgan fingerprint density at radius 1 is 1.25 bits per heavy atom. The van der Waals surface area contributed by atoms with Gasteiger partial charge in [0.1, 0.15) is 0 Å². The van der Waals surface area contributed by atoms with Gasteiger partial charge in [-0.05, 0) is 24.6 Å². The number of rotatable bonds is 5. The van der Waals surface area contributed by atoms with Crippen molar-refractivity contribution in [2.45, 2.75) is 31.9 Å². The van der Waals surface area contributed by atoms with Crippen LogP contribution in [0, 0.1) is 0 Å². The molecule has 0 unspecified atom stereocenters. The van der Waals surface area contributed by atoms with E-state index in [4.69, 9.17) is 21.3 Å². The van der Waals surface area contributed by atoms with Gasteiger partial charge in [-0.1, -0.05) is 23.7 Å². The normalized spacial score (nSPS) is 20.5. The Bertz CT molecular complexity index is 632. The number of hydrogen-bond donors (Lipinski definition) is 2. The molecular weight excluding hydrogens is 491 g/mol. The molecule has 158 valence electrons. The number of nitrogens with zero attached hydrogens (tertiary/aromatic N) is 3. The molecule has 0 aromatic heterocycles. The quantitative estimate of drug-likeness (QED) is 0.354. The van der Waals surface area contributed by atoms with E-state index >= 15 is 0 Å². The summed E-state index contributed by atoms with van der Waals surface area (Å²) in [7, 11) is 0. The van der Waals surface area contributed by atoms with Gasteiger partial charge in [0.25, 0.3) is 0 Å². The minimum Gasteiger partial charge on any atom is -0.388 e. The lowest BCUT2D eigenvalue weighted by atomic mass is 9.95. The number of nitrogens with one attached hydrogen (secondary N) is 1. The zero-order valence-corrected chi connectivity index (χ0v) is 19.7. The molecule has 6 nitrogen and oxygen atoms in total. The lowest BCUT2D eigenvalue weighted by Gasteiger charge is -2.37. The number of halogens is 2. The van der Waals surface area contributed by atoms with Crippen LogP contribution in [-0.2, 0) is 11.3 Å². The first-order valence-corrected chi connectivity index (χ1v) is 10.3. The van der Waals surface area contributed by atoms with Crippen molar-refractivity contribution in [3.63, 3.8) is 0 Å². The SMILES string of the molecule is CCNC(=NCC1(O)CCOCC1)N1CCN(Cc2cccc(Cl)c2)CC1.I. The van der Waals surface area contributed by atoms with E-state index < -0.39 is 5.60 Å². The van der Waals surface area contributed by atoms with Crippen LogP contribution in [-0.4, -0.2) is 78.9 Å². The molecule has 2 aliphatic rings. The van der Waals surface area contributed by atoms with Gasteiger partial charge in [0.15, 0.2) is 5.96 Å². The van der Waals surface area contributed by atoms with Crippen LogP contribution in [0.4, 0.5) is 0 Å². The first kappa shape index (κ1) is 23.7. The summed E-state index contributed by atoms with van der Waals surface area (Å²) in [5, 5.41) is 14.8. The molecule has 3 rings (SSSR count). The Balaban J connectivity index is 0.00000280. The molecule has 2 aliphatic heterocycles. The highest BCUT2D eigenvalue weighted by molar-refractivity contribution is 14.0. The van der Waals surface area contributed by atoms with Crippen molar-refractivity contribution >= 4 is 41.5 Å². The summed E-state index contributed by atoms with van der Waals surface area (Å²) in [6.45, 7) is 9.29. The number of ether oxygens (including phenoxy) is 1. The van der Waals surface area contributed by atoms with Gasteiger partial charge in [-0.15, -0.1) is 24.0 Å². The predicted molar refractivity (Wildman–Crippen MR) is 125 cm³/mol. The van der Waals surface area contributed by atoms with Crippen molar-refractivity contribution in [3.8, 4) is 0 Å². The minimum absolute atomic E-state index is 0. The zero-order chi connectivity index (χ0) is 19.1. The Labute approximate surface area is 190 Å². The number of aliphatic hydroxyl groups is 1. The molecule has 28 heavy (non-hydrogen) atoms. The van der Waals surface area contributed by atoms with Crippen molar-refractivity contribution in [1.29, 1.82) is 0 Å². The third-order valence-corrected chi connectivity index (χ3v) is 5.48. The topological polar surface area (TPSA) is 60.3 Å². The number of hydrogen-bond acceptors (Lipinski definition) is 4. The summed E-state index contributed by atoms with van der Waals surface area (Å²) < 4.78 is 5.36. The third-order valence-electron chi connectivity index (χ3n) is 5.25. The van der Waals surface area contributed by atoms with Gasteiger partial charge in [0.05, 0.1) is 12.1 Å². The van der Waals surface area contributed by atoms with Crippen LogP contribution in [0.25, 0.3) is 0 Å². The van der Waals surface area contributed by atoms with E-state index in [2.05, 4.69) is 28.1 Å². The molecular formula is C20H32ClIN4O2. The molecule has 0 atom stereocenters. The molecule has 0 bridgehead atoms. The molecule has 0 saturated carbocycles. The molecule has 0 radical (unpaired) electrons. The maximum Gasteiger partial charge on any atom is 0.194 e. The lowest BCUT2D eigenvalue weighted by Crippen LogP contribution is -2.52. The second-order valence-electron chi connectivity index (χ2n) is 7.40. The van der Waals surface area contributed by atoms with E-state index in [-0.39, 0.29) is 24.0 Å². The van der Waals surface area contributed by atoms with E-state index in [0.29, 0.717) is 32.6 Å². The minimum atomic E-state index is -0.729. The average Bonchev–Trinajstić information content (AvgIpc) is 2.67. The molecule has 2 N–H and O–H groups in total. The number of guanidine groups is 1. The van der Waals surface area contributed by atoms with Crippen molar-refractivity contribution in [2.75, 3.05) is 52.5 Å². The van der Waals surface area contributed by atoms with Crippen molar-refractivity contribution in [2.24, 2.45) is 4.99 Å². The van der Waals surface area contributed by atoms with Gasteiger partial charge in [0, 0.05) is 70.3 Å². The van der Waals surface area contributed by atoms with E-state index in [0.717, 1.165) is 50.3 Å². The summed E-state index contributed by atoms with van der Waals surface area (Å²) in [5.41, 5.74) is 0.520. The van der Waals surface area contributed by atoms with Crippen LogP contribution in [0.5, 0.6) is 0 Å². The highest BCUT2D eigenvalue weighted by Crippen LogP contribution is 2.21. The van der Waals surface area contributed by atoms with Crippen molar-refractivity contribution < 1.29 is 9.84 Å². The molecule has 2 heterocycles. The van der Waals surface area contributed by atoms with Crippen LogP contribution >= 0.6 is 35.6 Å². The number of benzene rings is 1. The summed E-state index contributed by atoms with van der Waals surface area (Å²) in [5.74, 6) is 0.903. The van der Waals surface area contributed by atoms with Gasteiger partial charge < -0.3 is 20.1 Å². The molecule has 1 aromatic rings. The molecule has 8 heteroatoms. The Hall–Kier alpha value is -0.610. The van der Waals surface area contributed by atoms with Gasteiger partial charge >= 0.3 is 0 Å². The van der Waals surface area contributed by atoms with E-state index in [9.17, 15) is 5.11 Å². The van der Waals surface area contributed by atoms with Gasteiger partial charge in [-0.25, -0.2) is 0 Å². The Morgan fingerprint density at radius 3 is 2.61 bits per heavy atom. The van der Waals surface area contributed by atoms with Crippen LogP contribution in [0.2, 0.25) is 5.02 Å². The van der Waals surface area contributed by atoms with Crippen molar-refractivity contribution in [3.05, 3.63) is 34.9 Å². The third kappa shape index (κ3) is 7.02. The summed E-state index contributed by atoms with van der Waals surface area (Å²) in [6, 6.07) is 8.08. The fourth-order valence-electron chi connectivity index (χ4n) is 3.57. The maximum atomic E-state index is 10.7. The second kappa shape index (κ2) is 11.5. The summed E-state index contributed by atoms with van der Waals surface area (Å²) in [4.78, 5) is 9.48.